The average molecular weight is 516 g/mol. The Morgan fingerprint density at radius 1 is 1.10 bits per heavy atom. The fourth-order valence-electron chi connectivity index (χ4n) is 2.24. The van der Waals surface area contributed by atoms with E-state index < -0.39 is 34.4 Å². The van der Waals surface area contributed by atoms with E-state index in [-0.39, 0.29) is 27.7 Å². The number of aromatic nitrogens is 5. The Balaban J connectivity index is 1.99. The highest BCUT2D eigenvalue weighted by atomic mass is 79.9. The van der Waals surface area contributed by atoms with Gasteiger partial charge in [0.05, 0.1) is 33.9 Å². The van der Waals surface area contributed by atoms with Crippen LogP contribution in [0.25, 0.3) is 16.9 Å². The molecule has 15 heteroatoms. The average Bonchev–Trinajstić information content (AvgIpc) is 3.05. The van der Waals surface area contributed by atoms with Crippen molar-refractivity contribution in [3.63, 3.8) is 0 Å². The van der Waals surface area contributed by atoms with Gasteiger partial charge < -0.3 is 4.74 Å². The van der Waals surface area contributed by atoms with Gasteiger partial charge in [-0.25, -0.2) is 27.9 Å². The van der Waals surface area contributed by atoms with E-state index in [9.17, 15) is 30.4 Å². The molecule has 3 heterocycles. The highest BCUT2D eigenvalue weighted by molar-refractivity contribution is 9.10. The monoisotopic (exact) mass is 515 g/mol. The number of nitrogens with zero attached hydrogens (tertiary/aromatic N) is 5. The van der Waals surface area contributed by atoms with Crippen molar-refractivity contribution in [3.8, 4) is 17.1 Å². The summed E-state index contributed by atoms with van der Waals surface area (Å²) in [6, 6.07) is 0. The largest absolute Gasteiger partial charge is 0.470 e. The molecule has 0 radical (unpaired) electrons. The Hall–Kier alpha value is -2.42. The summed E-state index contributed by atoms with van der Waals surface area (Å²) >= 11 is 3.19. The van der Waals surface area contributed by atoms with Crippen LogP contribution in [0, 0.1) is 0 Å². The summed E-state index contributed by atoms with van der Waals surface area (Å²) in [7, 11) is -3.82. The van der Waals surface area contributed by atoms with Crippen molar-refractivity contribution in [2.75, 3.05) is 12.4 Å². The van der Waals surface area contributed by atoms with Crippen molar-refractivity contribution in [2.24, 2.45) is 0 Å². The van der Waals surface area contributed by atoms with E-state index in [0.717, 1.165) is 12.4 Å². The molecule has 162 valence electrons. The molecule has 0 unspecified atom stereocenters. The summed E-state index contributed by atoms with van der Waals surface area (Å²) in [5.74, 6) is -5.95. The zero-order chi connectivity index (χ0) is 22.3. The minimum atomic E-state index is -5.78. The van der Waals surface area contributed by atoms with Gasteiger partial charge in [-0.2, -0.15) is 27.1 Å². The SMILES string of the molecule is CCS(=O)(=O)c1nn2cc(Br)cnc2c1-c1cnc(OCC(F)(F)C(F)(F)F)cn1. The lowest BCUT2D eigenvalue weighted by Crippen LogP contribution is -2.41. The van der Waals surface area contributed by atoms with Crippen LogP contribution in [-0.2, 0) is 9.84 Å². The zero-order valence-electron chi connectivity index (χ0n) is 14.9. The molecule has 0 spiro atoms. The maximum absolute atomic E-state index is 13.0. The van der Waals surface area contributed by atoms with Crippen LogP contribution >= 0.6 is 15.9 Å². The van der Waals surface area contributed by atoms with Crippen molar-refractivity contribution in [1.82, 2.24) is 24.6 Å². The third kappa shape index (κ3) is 4.21. The molecule has 3 aromatic rings. The minimum absolute atomic E-state index is 0.00372. The lowest BCUT2D eigenvalue weighted by atomic mass is 10.2. The second-order valence-corrected chi connectivity index (χ2v) is 8.96. The second-order valence-electron chi connectivity index (χ2n) is 5.85. The van der Waals surface area contributed by atoms with E-state index >= 15 is 0 Å². The fraction of sp³-hybridized carbons (Fsp3) is 0.333. The van der Waals surface area contributed by atoms with Crippen LogP contribution in [-0.4, -0.2) is 57.4 Å². The van der Waals surface area contributed by atoms with Gasteiger partial charge in [-0.3, -0.25) is 0 Å². The summed E-state index contributed by atoms with van der Waals surface area (Å²) in [4.78, 5) is 11.6. The summed E-state index contributed by atoms with van der Waals surface area (Å²) in [6.07, 6.45) is -1.15. The molecule has 0 amide bonds. The van der Waals surface area contributed by atoms with Crippen LogP contribution in [0.1, 0.15) is 6.92 Å². The van der Waals surface area contributed by atoms with Crippen LogP contribution < -0.4 is 4.74 Å². The molecule has 3 rings (SSSR count). The summed E-state index contributed by atoms with van der Waals surface area (Å²) in [6.45, 7) is -0.567. The molecule has 3 aromatic heterocycles. The van der Waals surface area contributed by atoms with E-state index in [4.69, 9.17) is 0 Å². The quantitative estimate of drug-likeness (QED) is 0.464. The van der Waals surface area contributed by atoms with Crippen LogP contribution in [0.2, 0.25) is 0 Å². The maximum Gasteiger partial charge on any atom is 0.456 e. The van der Waals surface area contributed by atoms with Crippen LogP contribution in [0.3, 0.4) is 0 Å². The van der Waals surface area contributed by atoms with Gasteiger partial charge in [0.15, 0.2) is 27.1 Å². The Morgan fingerprint density at radius 2 is 1.80 bits per heavy atom. The molecule has 0 aliphatic carbocycles. The fourth-order valence-corrected chi connectivity index (χ4v) is 3.53. The van der Waals surface area contributed by atoms with Crippen LogP contribution in [0.15, 0.2) is 34.3 Å². The van der Waals surface area contributed by atoms with Crippen LogP contribution in [0.5, 0.6) is 5.88 Å². The molecule has 0 bridgehead atoms. The molecule has 0 fully saturated rings. The number of halogens is 6. The highest BCUT2D eigenvalue weighted by Gasteiger charge is 2.58. The summed E-state index contributed by atoms with van der Waals surface area (Å²) in [5.41, 5.74) is 0.0857. The smallest absolute Gasteiger partial charge is 0.456 e. The summed E-state index contributed by atoms with van der Waals surface area (Å²) in [5, 5.41) is 3.69. The van der Waals surface area contributed by atoms with E-state index in [2.05, 4.69) is 40.7 Å². The van der Waals surface area contributed by atoms with E-state index in [0.29, 0.717) is 4.47 Å². The maximum atomic E-state index is 13.0. The van der Waals surface area contributed by atoms with Gasteiger partial charge in [0.2, 0.25) is 5.88 Å². The van der Waals surface area contributed by atoms with E-state index in [1.165, 1.54) is 23.8 Å². The lowest BCUT2D eigenvalue weighted by molar-refractivity contribution is -0.290. The van der Waals surface area contributed by atoms with E-state index in [1.54, 1.807) is 0 Å². The number of hydrogen-bond acceptors (Lipinski definition) is 7. The molecule has 0 aliphatic rings. The predicted molar refractivity (Wildman–Crippen MR) is 95.9 cm³/mol. The molecule has 0 saturated heterocycles. The molecule has 0 atom stereocenters. The van der Waals surface area contributed by atoms with Gasteiger partial charge in [-0.05, 0) is 15.9 Å². The number of alkyl halides is 5. The zero-order valence-corrected chi connectivity index (χ0v) is 17.3. The molecular formula is C15H11BrF5N5O3S. The number of fused-ring (bicyclic) bond motifs is 1. The molecule has 0 N–H and O–H groups in total. The number of ether oxygens (including phenoxy) is 1. The van der Waals surface area contributed by atoms with Gasteiger partial charge in [-0.15, -0.1) is 0 Å². The molecule has 0 saturated carbocycles. The second kappa shape index (κ2) is 7.68. The molecule has 0 aliphatic heterocycles. The number of rotatable bonds is 6. The topological polar surface area (TPSA) is 99.3 Å². The van der Waals surface area contributed by atoms with Crippen molar-refractivity contribution < 1.29 is 35.1 Å². The molecule has 30 heavy (non-hydrogen) atoms. The van der Waals surface area contributed by atoms with Gasteiger partial charge in [-0.1, -0.05) is 6.92 Å². The molecule has 0 aromatic carbocycles. The first-order valence-electron chi connectivity index (χ1n) is 8.02. The minimum Gasteiger partial charge on any atom is -0.470 e. The number of hydrogen-bond donors (Lipinski definition) is 0. The molecular weight excluding hydrogens is 505 g/mol. The Morgan fingerprint density at radius 3 is 2.37 bits per heavy atom. The standard InChI is InChI=1S/C15H11BrF5N5O3S/c1-2-30(27,28)13-11(12-24-3-8(16)6-26(12)25-13)9-4-23-10(5-22-9)29-7-14(17,18)15(19,20)21/h3-6H,2,7H2,1H3. The van der Waals surface area contributed by atoms with Gasteiger partial charge >= 0.3 is 12.1 Å². The first-order chi connectivity index (χ1) is 13.9. The summed E-state index contributed by atoms with van der Waals surface area (Å²) < 4.78 is 93.6. The van der Waals surface area contributed by atoms with Gasteiger partial charge in [0.25, 0.3) is 0 Å². The van der Waals surface area contributed by atoms with Crippen molar-refractivity contribution in [3.05, 3.63) is 29.3 Å². The third-order valence-corrected chi connectivity index (χ3v) is 5.83. The van der Waals surface area contributed by atoms with Gasteiger partial charge in [0, 0.05) is 12.4 Å². The van der Waals surface area contributed by atoms with E-state index in [1.807, 2.05) is 0 Å². The molecule has 8 nitrogen and oxygen atoms in total. The Labute approximate surface area is 174 Å². The first kappa shape index (κ1) is 22.3. The van der Waals surface area contributed by atoms with Crippen LogP contribution in [0.4, 0.5) is 22.0 Å². The first-order valence-corrected chi connectivity index (χ1v) is 10.5. The lowest BCUT2D eigenvalue weighted by Gasteiger charge is -2.19. The highest BCUT2D eigenvalue weighted by Crippen LogP contribution is 2.36. The normalized spacial score (nSPS) is 13.0. The predicted octanol–water partition coefficient (Wildman–Crippen LogP) is 3.32. The van der Waals surface area contributed by atoms with Gasteiger partial charge in [0.1, 0.15) is 0 Å². The van der Waals surface area contributed by atoms with Crippen molar-refractivity contribution >= 4 is 31.4 Å². The Bertz CT molecular complexity index is 1180. The Kier molecular flexibility index (Phi) is 5.70. The number of sulfone groups is 1. The van der Waals surface area contributed by atoms with Crippen molar-refractivity contribution in [1.29, 1.82) is 0 Å². The van der Waals surface area contributed by atoms with Crippen molar-refractivity contribution in [2.45, 2.75) is 24.0 Å². The third-order valence-electron chi connectivity index (χ3n) is 3.78.